The summed E-state index contributed by atoms with van der Waals surface area (Å²) in [5, 5.41) is 8.91. The summed E-state index contributed by atoms with van der Waals surface area (Å²) in [5.74, 6) is -1.18. The molecule has 1 aromatic heterocycles. The molecule has 0 aromatic carbocycles. The van der Waals surface area contributed by atoms with E-state index in [1.165, 1.54) is 4.57 Å². The van der Waals surface area contributed by atoms with Crippen LogP contribution in [0.3, 0.4) is 0 Å². The molecule has 1 aliphatic rings. The highest BCUT2D eigenvalue weighted by molar-refractivity contribution is 6.04. The van der Waals surface area contributed by atoms with Gasteiger partial charge in [-0.15, -0.1) is 0 Å². The molecule has 15 heavy (non-hydrogen) atoms. The molecule has 78 valence electrons. The number of rotatable bonds is 2. The van der Waals surface area contributed by atoms with E-state index in [0.29, 0.717) is 18.4 Å². The Morgan fingerprint density at radius 2 is 1.73 bits per heavy atom. The van der Waals surface area contributed by atoms with Gasteiger partial charge >= 0.3 is 5.97 Å². The van der Waals surface area contributed by atoms with E-state index in [4.69, 9.17) is 5.11 Å². The van der Waals surface area contributed by atoms with Gasteiger partial charge in [-0.05, 0) is 31.4 Å². The van der Waals surface area contributed by atoms with Gasteiger partial charge in [-0.2, -0.15) is 0 Å². The third kappa shape index (κ3) is 1.70. The molecular formula is C11H11NO3. The van der Waals surface area contributed by atoms with Crippen molar-refractivity contribution >= 4 is 11.9 Å². The number of nitrogens with zero attached hydrogens (tertiary/aromatic N) is 1. The summed E-state index contributed by atoms with van der Waals surface area (Å²) >= 11 is 0. The number of allylic oxidation sites excluding steroid dienone is 1. The fourth-order valence-electron chi connectivity index (χ4n) is 1.84. The van der Waals surface area contributed by atoms with E-state index in [-0.39, 0.29) is 11.5 Å². The smallest absolute Gasteiger partial charge is 0.332 e. The van der Waals surface area contributed by atoms with Crippen LogP contribution in [-0.4, -0.2) is 21.6 Å². The van der Waals surface area contributed by atoms with Crippen LogP contribution in [0.1, 0.15) is 24.1 Å². The van der Waals surface area contributed by atoms with E-state index in [1.807, 2.05) is 0 Å². The van der Waals surface area contributed by atoms with Crippen molar-refractivity contribution in [2.75, 3.05) is 0 Å². The molecule has 0 aliphatic heterocycles. The molecule has 0 saturated carbocycles. The Morgan fingerprint density at radius 1 is 1.13 bits per heavy atom. The highest BCUT2D eigenvalue weighted by Gasteiger charge is 2.25. The molecule has 0 fully saturated rings. The summed E-state index contributed by atoms with van der Waals surface area (Å²) in [4.78, 5) is 22.7. The second-order valence-electron chi connectivity index (χ2n) is 3.51. The number of carboxylic acid groups (broad SMARTS) is 1. The Hall–Kier alpha value is -1.84. The Labute approximate surface area is 86.8 Å². The molecule has 0 atom stereocenters. The van der Waals surface area contributed by atoms with E-state index in [0.717, 1.165) is 6.42 Å². The number of aliphatic carboxylic acids is 1. The van der Waals surface area contributed by atoms with E-state index >= 15 is 0 Å². The molecule has 0 bridgehead atoms. The number of aromatic nitrogens is 1. The Bertz CT molecular complexity index is 429. The number of hydrogen-bond donors (Lipinski definition) is 1. The SMILES string of the molecule is O=C(O)C1=C(C(=O)n2cccc2)CCC1. The number of carbonyl (C=O) groups is 2. The van der Waals surface area contributed by atoms with E-state index in [9.17, 15) is 9.59 Å². The standard InChI is InChI=1S/C11H11NO3/c13-10(12-6-1-2-7-12)8-4-3-5-9(8)11(14)15/h1-2,6-7H,3-5H2,(H,14,15). The predicted molar refractivity (Wildman–Crippen MR) is 53.6 cm³/mol. The van der Waals surface area contributed by atoms with Crippen molar-refractivity contribution in [2.45, 2.75) is 19.3 Å². The topological polar surface area (TPSA) is 59.3 Å². The minimum atomic E-state index is -0.969. The maximum Gasteiger partial charge on any atom is 0.332 e. The van der Waals surface area contributed by atoms with Gasteiger partial charge in [0.1, 0.15) is 0 Å². The maximum atomic E-state index is 11.9. The first-order valence-electron chi connectivity index (χ1n) is 4.83. The highest BCUT2D eigenvalue weighted by atomic mass is 16.4. The first-order valence-corrected chi connectivity index (χ1v) is 4.83. The van der Waals surface area contributed by atoms with Crippen LogP contribution in [0, 0.1) is 0 Å². The minimum absolute atomic E-state index is 0.213. The average Bonchev–Trinajstić information content (AvgIpc) is 2.88. The van der Waals surface area contributed by atoms with Crippen molar-refractivity contribution in [1.82, 2.24) is 4.57 Å². The van der Waals surface area contributed by atoms with Crippen LogP contribution in [0.4, 0.5) is 0 Å². The second kappa shape index (κ2) is 3.73. The van der Waals surface area contributed by atoms with Crippen LogP contribution in [0.2, 0.25) is 0 Å². The van der Waals surface area contributed by atoms with E-state index in [2.05, 4.69) is 0 Å². The van der Waals surface area contributed by atoms with Gasteiger partial charge < -0.3 is 5.11 Å². The van der Waals surface area contributed by atoms with Gasteiger partial charge in [0.05, 0.1) is 0 Å². The van der Waals surface area contributed by atoms with Gasteiger partial charge in [0.25, 0.3) is 5.91 Å². The summed E-state index contributed by atoms with van der Waals surface area (Å²) in [5.41, 5.74) is 0.715. The van der Waals surface area contributed by atoms with Gasteiger partial charge in [-0.3, -0.25) is 9.36 Å². The van der Waals surface area contributed by atoms with Crippen molar-refractivity contribution in [1.29, 1.82) is 0 Å². The fourth-order valence-corrected chi connectivity index (χ4v) is 1.84. The molecule has 0 amide bonds. The molecule has 4 nitrogen and oxygen atoms in total. The normalized spacial score (nSPS) is 15.7. The highest BCUT2D eigenvalue weighted by Crippen LogP contribution is 2.27. The maximum absolute atomic E-state index is 11.9. The zero-order chi connectivity index (χ0) is 10.8. The van der Waals surface area contributed by atoms with Crippen LogP contribution in [0.5, 0.6) is 0 Å². The van der Waals surface area contributed by atoms with Crippen LogP contribution in [0.15, 0.2) is 35.7 Å². The Kier molecular flexibility index (Phi) is 2.41. The quantitative estimate of drug-likeness (QED) is 0.799. The summed E-state index contributed by atoms with van der Waals surface area (Å²) in [6.45, 7) is 0. The zero-order valence-corrected chi connectivity index (χ0v) is 8.14. The molecule has 0 unspecified atom stereocenters. The van der Waals surface area contributed by atoms with Crippen LogP contribution >= 0.6 is 0 Å². The molecule has 1 N–H and O–H groups in total. The predicted octanol–water partition coefficient (Wildman–Crippen LogP) is 1.69. The molecule has 0 radical (unpaired) electrons. The van der Waals surface area contributed by atoms with Crippen molar-refractivity contribution in [2.24, 2.45) is 0 Å². The lowest BCUT2D eigenvalue weighted by molar-refractivity contribution is -0.132. The summed E-state index contributed by atoms with van der Waals surface area (Å²) in [7, 11) is 0. The monoisotopic (exact) mass is 205 g/mol. The Balaban J connectivity index is 2.35. The average molecular weight is 205 g/mol. The Morgan fingerprint density at radius 3 is 2.33 bits per heavy atom. The summed E-state index contributed by atoms with van der Waals surface area (Å²) in [6, 6.07) is 3.49. The fraction of sp³-hybridized carbons (Fsp3) is 0.273. The van der Waals surface area contributed by atoms with Crippen molar-refractivity contribution in [3.63, 3.8) is 0 Å². The molecule has 1 heterocycles. The lowest BCUT2D eigenvalue weighted by Crippen LogP contribution is -2.13. The van der Waals surface area contributed by atoms with Crippen molar-refractivity contribution in [3.8, 4) is 0 Å². The molecule has 1 aliphatic carbocycles. The minimum Gasteiger partial charge on any atom is -0.478 e. The largest absolute Gasteiger partial charge is 0.478 e. The first kappa shape index (κ1) is 9.71. The van der Waals surface area contributed by atoms with Crippen LogP contribution in [0.25, 0.3) is 0 Å². The van der Waals surface area contributed by atoms with Crippen LogP contribution in [-0.2, 0) is 4.79 Å². The van der Waals surface area contributed by atoms with Gasteiger partial charge in [-0.25, -0.2) is 4.79 Å². The van der Waals surface area contributed by atoms with Crippen LogP contribution < -0.4 is 0 Å². The summed E-state index contributed by atoms with van der Waals surface area (Å²) < 4.78 is 1.42. The van der Waals surface area contributed by atoms with Crippen molar-refractivity contribution in [3.05, 3.63) is 35.7 Å². The molecule has 2 rings (SSSR count). The third-order valence-electron chi connectivity index (χ3n) is 2.57. The second-order valence-corrected chi connectivity index (χ2v) is 3.51. The number of carboxylic acids is 1. The third-order valence-corrected chi connectivity index (χ3v) is 2.57. The molecule has 4 heteroatoms. The number of hydrogen-bond acceptors (Lipinski definition) is 2. The molecule has 0 saturated heterocycles. The summed E-state index contributed by atoms with van der Waals surface area (Å²) in [6.07, 6.45) is 5.08. The lowest BCUT2D eigenvalue weighted by atomic mass is 10.1. The van der Waals surface area contributed by atoms with Gasteiger partial charge in [-0.1, -0.05) is 0 Å². The molecular weight excluding hydrogens is 194 g/mol. The zero-order valence-electron chi connectivity index (χ0n) is 8.14. The molecule has 1 aromatic rings. The van der Waals surface area contributed by atoms with Gasteiger partial charge in [0.2, 0.25) is 0 Å². The van der Waals surface area contributed by atoms with Crippen molar-refractivity contribution < 1.29 is 14.7 Å². The number of carbonyl (C=O) groups excluding carboxylic acids is 1. The van der Waals surface area contributed by atoms with E-state index in [1.54, 1.807) is 24.5 Å². The lowest BCUT2D eigenvalue weighted by Gasteiger charge is -2.03. The van der Waals surface area contributed by atoms with Gasteiger partial charge in [0.15, 0.2) is 0 Å². The van der Waals surface area contributed by atoms with E-state index < -0.39 is 5.97 Å². The first-order chi connectivity index (χ1) is 7.20. The molecule has 0 spiro atoms. The van der Waals surface area contributed by atoms with Gasteiger partial charge in [0, 0.05) is 23.5 Å².